The molecule has 4 nitrogen and oxygen atoms in total. The molecule has 0 amide bonds. The van der Waals surface area contributed by atoms with Crippen molar-refractivity contribution in [2.75, 3.05) is 0 Å². The first-order chi connectivity index (χ1) is 8.19. The molecule has 0 radical (unpaired) electrons. The third-order valence-corrected chi connectivity index (χ3v) is 2.53. The van der Waals surface area contributed by atoms with Crippen LogP contribution in [0.15, 0.2) is 28.8 Å². The molecule has 0 unspecified atom stereocenters. The van der Waals surface area contributed by atoms with Crippen LogP contribution in [0, 0.1) is 6.92 Å². The topological polar surface area (TPSA) is 55.5 Å². The quantitative estimate of drug-likeness (QED) is 0.910. The molecule has 1 aromatic heterocycles. The number of aliphatic hydroxyl groups excluding tert-OH is 1. The predicted molar refractivity (Wildman–Crippen MR) is 62.9 cm³/mol. The summed E-state index contributed by atoms with van der Waals surface area (Å²) >= 11 is 6.00. The highest BCUT2D eigenvalue weighted by Crippen LogP contribution is 2.26. The molecule has 90 valence electrons. The second-order valence-electron chi connectivity index (χ2n) is 3.64. The van der Waals surface area contributed by atoms with Gasteiger partial charge in [0.2, 0.25) is 0 Å². The third-order valence-electron chi connectivity index (χ3n) is 2.23. The highest BCUT2D eigenvalue weighted by atomic mass is 35.5. The van der Waals surface area contributed by atoms with E-state index in [1.165, 1.54) is 0 Å². The van der Waals surface area contributed by atoms with Gasteiger partial charge in [-0.1, -0.05) is 22.8 Å². The van der Waals surface area contributed by atoms with Gasteiger partial charge in [-0.25, -0.2) is 0 Å². The summed E-state index contributed by atoms with van der Waals surface area (Å²) in [5.41, 5.74) is 1.46. The summed E-state index contributed by atoms with van der Waals surface area (Å²) < 4.78 is 10.4. The Labute approximate surface area is 104 Å². The van der Waals surface area contributed by atoms with Crippen LogP contribution in [-0.2, 0) is 13.2 Å². The van der Waals surface area contributed by atoms with Crippen LogP contribution in [-0.4, -0.2) is 10.3 Å². The van der Waals surface area contributed by atoms with E-state index < -0.39 is 0 Å². The minimum Gasteiger partial charge on any atom is -0.486 e. The molecule has 17 heavy (non-hydrogen) atoms. The van der Waals surface area contributed by atoms with Gasteiger partial charge in [0, 0.05) is 6.07 Å². The minimum atomic E-state index is -0.0392. The smallest absolute Gasteiger partial charge is 0.138 e. The Morgan fingerprint density at radius 3 is 2.82 bits per heavy atom. The summed E-state index contributed by atoms with van der Waals surface area (Å²) in [5, 5.41) is 13.2. The number of hydrogen-bond acceptors (Lipinski definition) is 4. The van der Waals surface area contributed by atoms with Crippen LogP contribution in [0.2, 0.25) is 5.02 Å². The summed E-state index contributed by atoms with van der Waals surface area (Å²) in [6, 6.07) is 6.96. The van der Waals surface area contributed by atoms with E-state index in [0.29, 0.717) is 23.1 Å². The van der Waals surface area contributed by atoms with E-state index in [1.54, 1.807) is 24.3 Å². The van der Waals surface area contributed by atoms with Gasteiger partial charge in [-0.3, -0.25) is 0 Å². The van der Waals surface area contributed by atoms with Crippen LogP contribution in [0.25, 0.3) is 0 Å². The lowest BCUT2D eigenvalue weighted by atomic mass is 10.2. The average Bonchev–Trinajstić information content (AvgIpc) is 2.73. The van der Waals surface area contributed by atoms with Gasteiger partial charge in [-0.05, 0) is 24.6 Å². The Balaban J connectivity index is 2.04. The van der Waals surface area contributed by atoms with Crippen molar-refractivity contribution >= 4 is 11.6 Å². The first kappa shape index (κ1) is 12.0. The van der Waals surface area contributed by atoms with E-state index in [4.69, 9.17) is 26.0 Å². The molecule has 1 N–H and O–H groups in total. The second-order valence-corrected chi connectivity index (χ2v) is 4.05. The number of halogens is 1. The molecule has 1 heterocycles. The van der Waals surface area contributed by atoms with Crippen LogP contribution < -0.4 is 4.74 Å². The van der Waals surface area contributed by atoms with Crippen LogP contribution in [0.3, 0.4) is 0 Å². The monoisotopic (exact) mass is 253 g/mol. The van der Waals surface area contributed by atoms with Crippen LogP contribution in [0.5, 0.6) is 5.75 Å². The van der Waals surface area contributed by atoms with E-state index in [1.807, 2.05) is 6.92 Å². The number of rotatable bonds is 4. The van der Waals surface area contributed by atoms with Crippen molar-refractivity contribution in [1.29, 1.82) is 0 Å². The zero-order chi connectivity index (χ0) is 12.3. The van der Waals surface area contributed by atoms with Crippen molar-refractivity contribution in [2.24, 2.45) is 0 Å². The van der Waals surface area contributed by atoms with Gasteiger partial charge in [-0.15, -0.1) is 0 Å². The first-order valence-electron chi connectivity index (χ1n) is 5.13. The number of nitrogens with zero attached hydrogens (tertiary/aromatic N) is 1. The molecule has 0 spiro atoms. The van der Waals surface area contributed by atoms with Gasteiger partial charge in [0.1, 0.15) is 23.8 Å². The Kier molecular flexibility index (Phi) is 3.66. The van der Waals surface area contributed by atoms with Crippen molar-refractivity contribution in [2.45, 2.75) is 20.1 Å². The standard InChI is InChI=1S/C12H12ClNO3/c1-8-4-10(14-17-8)7-16-12-3-2-9(6-15)5-11(12)13/h2-5,15H,6-7H2,1H3. The molecule has 0 fully saturated rings. The van der Waals surface area contributed by atoms with Crippen molar-refractivity contribution in [3.8, 4) is 5.75 Å². The molecule has 0 aliphatic heterocycles. The lowest BCUT2D eigenvalue weighted by molar-refractivity contribution is 0.279. The minimum absolute atomic E-state index is 0.0392. The van der Waals surface area contributed by atoms with Gasteiger partial charge >= 0.3 is 0 Å². The van der Waals surface area contributed by atoms with Crippen LogP contribution >= 0.6 is 11.6 Å². The third kappa shape index (κ3) is 2.99. The van der Waals surface area contributed by atoms with E-state index in [2.05, 4.69) is 5.16 Å². The highest BCUT2D eigenvalue weighted by Gasteiger charge is 2.05. The van der Waals surface area contributed by atoms with Crippen molar-refractivity contribution in [3.63, 3.8) is 0 Å². The predicted octanol–water partition coefficient (Wildman–Crippen LogP) is 2.71. The maximum Gasteiger partial charge on any atom is 0.138 e. The van der Waals surface area contributed by atoms with Gasteiger partial charge in [0.15, 0.2) is 0 Å². The number of aryl methyl sites for hydroxylation is 1. The Morgan fingerprint density at radius 2 is 2.24 bits per heavy atom. The number of hydrogen-bond donors (Lipinski definition) is 1. The zero-order valence-corrected chi connectivity index (χ0v) is 10.1. The van der Waals surface area contributed by atoms with Crippen LogP contribution in [0.4, 0.5) is 0 Å². The molecule has 0 saturated heterocycles. The summed E-state index contributed by atoms with van der Waals surface area (Å²) in [7, 11) is 0. The highest BCUT2D eigenvalue weighted by molar-refractivity contribution is 6.32. The number of aromatic nitrogens is 1. The lowest BCUT2D eigenvalue weighted by Crippen LogP contribution is -1.96. The molecule has 5 heteroatoms. The molecular weight excluding hydrogens is 242 g/mol. The maximum atomic E-state index is 8.94. The van der Waals surface area contributed by atoms with Gasteiger partial charge in [0.05, 0.1) is 11.6 Å². The van der Waals surface area contributed by atoms with Crippen LogP contribution in [0.1, 0.15) is 17.0 Å². The SMILES string of the molecule is Cc1cc(COc2ccc(CO)cc2Cl)no1. The Morgan fingerprint density at radius 1 is 1.41 bits per heavy atom. The lowest BCUT2D eigenvalue weighted by Gasteiger charge is -2.07. The molecule has 2 aromatic rings. The number of ether oxygens (including phenoxy) is 1. The molecular formula is C12H12ClNO3. The normalized spacial score (nSPS) is 10.5. The maximum absolute atomic E-state index is 8.94. The van der Waals surface area contributed by atoms with Crippen molar-refractivity contribution < 1.29 is 14.4 Å². The summed E-state index contributed by atoms with van der Waals surface area (Å²) in [6.07, 6.45) is 0. The molecule has 0 bridgehead atoms. The Bertz CT molecular complexity index is 510. The zero-order valence-electron chi connectivity index (χ0n) is 9.31. The molecule has 1 aromatic carbocycles. The fourth-order valence-corrected chi connectivity index (χ4v) is 1.66. The van der Waals surface area contributed by atoms with Gasteiger partial charge in [-0.2, -0.15) is 0 Å². The number of benzene rings is 1. The summed E-state index contributed by atoms with van der Waals surface area (Å²) in [6.45, 7) is 2.08. The summed E-state index contributed by atoms with van der Waals surface area (Å²) in [4.78, 5) is 0. The second kappa shape index (κ2) is 5.21. The fourth-order valence-electron chi connectivity index (χ4n) is 1.40. The fraction of sp³-hybridized carbons (Fsp3) is 0.250. The molecule has 0 aliphatic carbocycles. The largest absolute Gasteiger partial charge is 0.486 e. The summed E-state index contributed by atoms with van der Waals surface area (Å²) in [5.74, 6) is 1.30. The van der Waals surface area contributed by atoms with E-state index in [9.17, 15) is 0 Å². The van der Waals surface area contributed by atoms with Gasteiger partial charge in [0.25, 0.3) is 0 Å². The van der Waals surface area contributed by atoms with Crippen molar-refractivity contribution in [1.82, 2.24) is 5.16 Å². The molecule has 2 rings (SSSR count). The van der Waals surface area contributed by atoms with Gasteiger partial charge < -0.3 is 14.4 Å². The molecule has 0 atom stereocenters. The van der Waals surface area contributed by atoms with E-state index >= 15 is 0 Å². The van der Waals surface area contributed by atoms with E-state index in [-0.39, 0.29) is 6.61 Å². The first-order valence-corrected chi connectivity index (χ1v) is 5.51. The van der Waals surface area contributed by atoms with Crippen molar-refractivity contribution in [3.05, 3.63) is 46.3 Å². The van der Waals surface area contributed by atoms with E-state index in [0.717, 1.165) is 11.3 Å². The Hall–Kier alpha value is -1.52. The molecule has 0 saturated carbocycles. The number of aliphatic hydroxyl groups is 1. The molecule has 0 aliphatic rings. The average molecular weight is 254 g/mol.